The number of carbonyl (C=O) groups excluding carboxylic acids is 1. The fourth-order valence-corrected chi connectivity index (χ4v) is 2.48. The Balaban J connectivity index is 0.000000758. The van der Waals surface area contributed by atoms with Crippen molar-refractivity contribution in [1.82, 2.24) is 5.48 Å². The zero-order chi connectivity index (χ0) is 19.4. The summed E-state index contributed by atoms with van der Waals surface area (Å²) in [5.41, 5.74) is 0.193. The molecule has 140 valence electrons. The second-order valence-electron chi connectivity index (χ2n) is 5.74. The zero-order valence-corrected chi connectivity index (χ0v) is 13.8. The number of hydrogen-bond donors (Lipinski definition) is 2. The molecule has 0 radical (unpaired) electrons. The van der Waals surface area contributed by atoms with Crippen LogP contribution in [0.4, 0.5) is 17.6 Å². The smallest absolute Gasteiger partial charge is 0.398 e. The number of benzene rings is 2. The molecule has 0 aromatic heterocycles. The Kier molecular flexibility index (Phi) is 5.99. The summed E-state index contributed by atoms with van der Waals surface area (Å²) in [6, 6.07) is 9.29. The van der Waals surface area contributed by atoms with Gasteiger partial charge in [0.15, 0.2) is 11.6 Å². The number of aldehydes is 1. The summed E-state index contributed by atoms with van der Waals surface area (Å²) in [7, 11) is 1.43. The van der Waals surface area contributed by atoms with E-state index in [0.717, 1.165) is 6.07 Å². The van der Waals surface area contributed by atoms with E-state index in [1.165, 1.54) is 43.4 Å². The third-order valence-corrected chi connectivity index (χ3v) is 4.02. The van der Waals surface area contributed by atoms with E-state index in [-0.39, 0.29) is 24.2 Å². The van der Waals surface area contributed by atoms with Crippen LogP contribution in [0.1, 0.15) is 28.8 Å². The lowest BCUT2D eigenvalue weighted by molar-refractivity contribution is -0.160. The molecule has 2 N–H and O–H groups in total. The van der Waals surface area contributed by atoms with Crippen LogP contribution in [0.15, 0.2) is 42.5 Å². The quantitative estimate of drug-likeness (QED) is 0.468. The lowest BCUT2D eigenvalue weighted by Crippen LogP contribution is -2.28. The molecule has 1 aliphatic rings. The number of ether oxygens (including phenoxy) is 1. The van der Waals surface area contributed by atoms with E-state index in [1.807, 2.05) is 0 Å². The summed E-state index contributed by atoms with van der Waals surface area (Å²) in [5, 5.41) is 7.32. The van der Waals surface area contributed by atoms with Crippen LogP contribution < -0.4 is 10.2 Å². The minimum absolute atomic E-state index is 0.0245. The molecule has 1 aliphatic carbocycles. The van der Waals surface area contributed by atoms with E-state index in [4.69, 9.17) is 9.94 Å². The molecule has 0 amide bonds. The lowest BCUT2D eigenvalue weighted by atomic mass is 9.95. The first kappa shape index (κ1) is 19.9. The van der Waals surface area contributed by atoms with Crippen molar-refractivity contribution in [2.75, 3.05) is 7.05 Å². The molecule has 26 heavy (non-hydrogen) atoms. The van der Waals surface area contributed by atoms with Gasteiger partial charge >= 0.3 is 6.18 Å². The van der Waals surface area contributed by atoms with Crippen molar-refractivity contribution in [2.24, 2.45) is 0 Å². The van der Waals surface area contributed by atoms with Gasteiger partial charge in [0.05, 0.1) is 5.41 Å². The molecular weight excluding hydrogens is 354 g/mol. The Morgan fingerprint density at radius 3 is 2.15 bits per heavy atom. The minimum Gasteiger partial charge on any atom is -0.454 e. The molecule has 0 heterocycles. The van der Waals surface area contributed by atoms with Crippen LogP contribution >= 0.6 is 0 Å². The Morgan fingerprint density at radius 1 is 1.15 bits per heavy atom. The average Bonchev–Trinajstić information content (AvgIpc) is 3.40. The molecule has 3 rings (SSSR count). The standard InChI is InChI=1S/C17H12F4O2.CH5NO/c18-14-9-12(16(7-8-16)17(19,20)21)3-6-15(14)23-13-4-1-11(10-22)2-5-13;1-2-3/h1-6,9-10H,7-8H2;2-3H,1H3. The first-order valence-electron chi connectivity index (χ1n) is 7.68. The third-order valence-electron chi connectivity index (χ3n) is 4.02. The number of halogens is 4. The molecule has 0 bridgehead atoms. The maximum atomic E-state index is 14.1. The first-order chi connectivity index (χ1) is 12.3. The molecule has 0 atom stereocenters. The lowest BCUT2D eigenvalue weighted by Gasteiger charge is -2.20. The fourth-order valence-electron chi connectivity index (χ4n) is 2.48. The van der Waals surface area contributed by atoms with Crippen molar-refractivity contribution in [3.63, 3.8) is 0 Å². The average molecular weight is 371 g/mol. The number of hydrogen-bond acceptors (Lipinski definition) is 4. The first-order valence-corrected chi connectivity index (χ1v) is 7.68. The summed E-state index contributed by atoms with van der Waals surface area (Å²) >= 11 is 0. The number of alkyl halides is 3. The molecule has 0 spiro atoms. The fraction of sp³-hybridized carbons (Fsp3) is 0.278. The van der Waals surface area contributed by atoms with E-state index < -0.39 is 17.4 Å². The molecule has 0 saturated heterocycles. The van der Waals surface area contributed by atoms with Crippen molar-refractivity contribution in [3.05, 3.63) is 59.4 Å². The van der Waals surface area contributed by atoms with E-state index >= 15 is 0 Å². The van der Waals surface area contributed by atoms with Gasteiger partial charge in [-0.15, -0.1) is 0 Å². The Bertz CT molecular complexity index is 756. The topological polar surface area (TPSA) is 58.6 Å². The van der Waals surface area contributed by atoms with Crippen molar-refractivity contribution in [1.29, 1.82) is 0 Å². The maximum absolute atomic E-state index is 14.1. The number of carbonyl (C=O) groups is 1. The van der Waals surface area contributed by atoms with E-state index in [0.29, 0.717) is 17.6 Å². The Morgan fingerprint density at radius 2 is 1.73 bits per heavy atom. The highest BCUT2D eigenvalue weighted by molar-refractivity contribution is 5.74. The van der Waals surface area contributed by atoms with E-state index in [1.54, 1.807) is 5.48 Å². The van der Waals surface area contributed by atoms with Crippen LogP contribution in [0.2, 0.25) is 0 Å². The number of hydroxylamine groups is 1. The van der Waals surface area contributed by atoms with Gasteiger partial charge < -0.3 is 9.94 Å². The predicted molar refractivity (Wildman–Crippen MR) is 86.1 cm³/mol. The van der Waals surface area contributed by atoms with Crippen LogP contribution in [0, 0.1) is 5.82 Å². The molecule has 2 aromatic rings. The van der Waals surface area contributed by atoms with Crippen LogP contribution in [-0.2, 0) is 5.41 Å². The molecule has 2 aromatic carbocycles. The Hall–Kier alpha value is -2.45. The van der Waals surface area contributed by atoms with Crippen molar-refractivity contribution in [2.45, 2.75) is 24.4 Å². The molecule has 1 fully saturated rings. The van der Waals surface area contributed by atoms with Gasteiger partial charge in [0.2, 0.25) is 0 Å². The highest BCUT2D eigenvalue weighted by Gasteiger charge is 2.64. The van der Waals surface area contributed by atoms with Crippen LogP contribution in [0.5, 0.6) is 11.5 Å². The van der Waals surface area contributed by atoms with Crippen molar-refractivity contribution in [3.8, 4) is 11.5 Å². The second-order valence-corrected chi connectivity index (χ2v) is 5.74. The van der Waals surface area contributed by atoms with Crippen molar-refractivity contribution >= 4 is 6.29 Å². The third kappa shape index (κ3) is 4.20. The van der Waals surface area contributed by atoms with Gasteiger partial charge in [-0.25, -0.2) is 9.87 Å². The maximum Gasteiger partial charge on any atom is 0.398 e. The molecular formula is C18H17F4NO3. The van der Waals surface area contributed by atoms with Crippen molar-refractivity contribution < 1.29 is 32.3 Å². The van der Waals surface area contributed by atoms with Crippen LogP contribution in [0.25, 0.3) is 0 Å². The van der Waals surface area contributed by atoms with Gasteiger partial charge in [0.1, 0.15) is 12.0 Å². The monoisotopic (exact) mass is 371 g/mol. The SMILES string of the molecule is CNO.O=Cc1ccc(Oc2ccc(C3(C(F)(F)F)CC3)cc2F)cc1. The van der Waals surface area contributed by atoms with Crippen LogP contribution in [0.3, 0.4) is 0 Å². The summed E-state index contributed by atoms with van der Waals surface area (Å²) in [5.74, 6) is -0.720. The predicted octanol–water partition coefficient (Wildman–Crippen LogP) is 4.62. The molecule has 0 aliphatic heterocycles. The minimum atomic E-state index is -4.38. The number of nitrogens with one attached hydrogen (secondary N) is 1. The van der Waals surface area contributed by atoms with Crippen LogP contribution in [-0.4, -0.2) is 24.7 Å². The van der Waals surface area contributed by atoms with E-state index in [2.05, 4.69) is 0 Å². The van der Waals surface area contributed by atoms with Gasteiger partial charge in [0.25, 0.3) is 0 Å². The summed E-state index contributed by atoms with van der Waals surface area (Å²) in [4.78, 5) is 10.6. The molecule has 0 unspecified atom stereocenters. The zero-order valence-electron chi connectivity index (χ0n) is 13.8. The largest absolute Gasteiger partial charge is 0.454 e. The highest BCUT2D eigenvalue weighted by Crippen LogP contribution is 2.59. The molecule has 1 saturated carbocycles. The highest BCUT2D eigenvalue weighted by atomic mass is 19.4. The summed E-state index contributed by atoms with van der Waals surface area (Å²) in [6.07, 6.45) is -3.77. The summed E-state index contributed by atoms with van der Waals surface area (Å²) in [6.45, 7) is 0. The van der Waals surface area contributed by atoms with Gasteiger partial charge in [-0.3, -0.25) is 4.79 Å². The van der Waals surface area contributed by atoms with Gasteiger partial charge in [-0.1, -0.05) is 6.07 Å². The summed E-state index contributed by atoms with van der Waals surface area (Å²) < 4.78 is 58.5. The van der Waals surface area contributed by atoms with E-state index in [9.17, 15) is 22.4 Å². The Labute approximate surface area is 147 Å². The molecule has 4 nitrogen and oxygen atoms in total. The van der Waals surface area contributed by atoms with Gasteiger partial charge in [-0.2, -0.15) is 13.2 Å². The second kappa shape index (κ2) is 7.84. The van der Waals surface area contributed by atoms with Gasteiger partial charge in [0, 0.05) is 12.6 Å². The number of rotatable bonds is 4. The van der Waals surface area contributed by atoms with Gasteiger partial charge in [-0.05, 0) is 54.8 Å². The molecule has 8 heteroatoms. The normalized spacial score (nSPS) is 14.8.